The quantitative estimate of drug-likeness (QED) is 0.469. The lowest BCUT2D eigenvalue weighted by Crippen LogP contribution is -2.37. The van der Waals surface area contributed by atoms with E-state index in [2.05, 4.69) is 20.6 Å². The van der Waals surface area contributed by atoms with Crippen LogP contribution in [0.3, 0.4) is 0 Å². The summed E-state index contributed by atoms with van der Waals surface area (Å²) in [5.74, 6) is 3.33. The Morgan fingerprint density at radius 3 is 2.63 bits per heavy atom. The van der Waals surface area contributed by atoms with Gasteiger partial charge in [0.1, 0.15) is 5.76 Å². The zero-order valence-corrected chi connectivity index (χ0v) is 14.2. The smallest absolute Gasteiger partial charge is 0.214 e. The van der Waals surface area contributed by atoms with Gasteiger partial charge in [-0.2, -0.15) is 0 Å². The molecule has 0 amide bonds. The molecule has 19 heavy (non-hydrogen) atoms. The Morgan fingerprint density at radius 1 is 1.37 bits per heavy atom. The van der Waals surface area contributed by atoms with Crippen molar-refractivity contribution in [1.29, 1.82) is 0 Å². The number of rotatable bonds is 5. The van der Waals surface area contributed by atoms with Crippen LogP contribution >= 0.6 is 24.0 Å². The fourth-order valence-corrected chi connectivity index (χ4v) is 1.80. The molecule has 0 atom stereocenters. The van der Waals surface area contributed by atoms with Crippen LogP contribution in [0.4, 0.5) is 0 Å². The number of aliphatic imine (C=N–C) groups is 1. The molecular formula is C13H23IN4O. The van der Waals surface area contributed by atoms with Crippen LogP contribution in [0.15, 0.2) is 9.41 Å². The third kappa shape index (κ3) is 5.38. The third-order valence-electron chi connectivity index (χ3n) is 3.25. The second kappa shape index (κ2) is 7.72. The molecular weight excluding hydrogens is 355 g/mol. The van der Waals surface area contributed by atoms with Crippen LogP contribution in [0, 0.1) is 19.8 Å². The van der Waals surface area contributed by atoms with Crippen molar-refractivity contribution < 1.29 is 4.42 Å². The third-order valence-corrected chi connectivity index (χ3v) is 3.25. The van der Waals surface area contributed by atoms with E-state index in [1.807, 2.05) is 13.8 Å². The molecule has 1 aromatic rings. The lowest BCUT2D eigenvalue weighted by atomic mass is 10.3. The second-order valence-corrected chi connectivity index (χ2v) is 4.83. The average Bonchev–Trinajstić information content (AvgIpc) is 3.11. The largest absolute Gasteiger partial charge is 0.444 e. The van der Waals surface area contributed by atoms with E-state index in [1.54, 1.807) is 7.05 Å². The van der Waals surface area contributed by atoms with Crippen LogP contribution in [0.25, 0.3) is 0 Å². The monoisotopic (exact) mass is 378 g/mol. The zero-order chi connectivity index (χ0) is 13.0. The SMILES string of the molecule is CN=C(NCCC1CC1)NCc1nc(C)c(C)o1.I. The van der Waals surface area contributed by atoms with Gasteiger partial charge < -0.3 is 15.1 Å². The molecule has 0 aromatic carbocycles. The van der Waals surface area contributed by atoms with E-state index in [0.717, 1.165) is 29.9 Å². The maximum Gasteiger partial charge on any atom is 0.214 e. The minimum atomic E-state index is 0. The van der Waals surface area contributed by atoms with E-state index >= 15 is 0 Å². The molecule has 0 radical (unpaired) electrons. The van der Waals surface area contributed by atoms with Crippen molar-refractivity contribution in [3.8, 4) is 0 Å². The Balaban J connectivity index is 0.00000180. The molecule has 0 unspecified atom stereocenters. The summed E-state index contributed by atoms with van der Waals surface area (Å²) in [5, 5.41) is 6.50. The van der Waals surface area contributed by atoms with Crippen LogP contribution in [-0.4, -0.2) is 24.5 Å². The van der Waals surface area contributed by atoms with Crippen molar-refractivity contribution in [3.05, 3.63) is 17.3 Å². The Morgan fingerprint density at radius 2 is 2.11 bits per heavy atom. The number of nitrogens with one attached hydrogen (secondary N) is 2. The molecule has 2 rings (SSSR count). The van der Waals surface area contributed by atoms with E-state index in [0.29, 0.717) is 12.4 Å². The lowest BCUT2D eigenvalue weighted by molar-refractivity contribution is 0.463. The minimum Gasteiger partial charge on any atom is -0.444 e. The topological polar surface area (TPSA) is 62.5 Å². The van der Waals surface area contributed by atoms with Crippen LogP contribution in [0.5, 0.6) is 0 Å². The molecule has 1 aromatic heterocycles. The number of hydrogen-bond acceptors (Lipinski definition) is 3. The molecule has 5 nitrogen and oxygen atoms in total. The van der Waals surface area contributed by atoms with Gasteiger partial charge >= 0.3 is 0 Å². The molecule has 0 saturated heterocycles. The molecule has 1 aliphatic carbocycles. The van der Waals surface area contributed by atoms with E-state index in [9.17, 15) is 0 Å². The van der Waals surface area contributed by atoms with Gasteiger partial charge in [-0.3, -0.25) is 4.99 Å². The highest BCUT2D eigenvalue weighted by Crippen LogP contribution is 2.31. The van der Waals surface area contributed by atoms with Crippen molar-refractivity contribution in [2.24, 2.45) is 10.9 Å². The number of hydrogen-bond donors (Lipinski definition) is 2. The summed E-state index contributed by atoms with van der Waals surface area (Å²) in [7, 11) is 1.78. The summed E-state index contributed by atoms with van der Waals surface area (Å²) in [5.41, 5.74) is 0.948. The van der Waals surface area contributed by atoms with Crippen LogP contribution < -0.4 is 10.6 Å². The van der Waals surface area contributed by atoms with Crippen LogP contribution in [-0.2, 0) is 6.54 Å². The van der Waals surface area contributed by atoms with Gasteiger partial charge in [0.15, 0.2) is 5.96 Å². The Bertz CT molecular complexity index is 407. The van der Waals surface area contributed by atoms with E-state index in [4.69, 9.17) is 4.42 Å². The van der Waals surface area contributed by atoms with Crippen molar-refractivity contribution >= 4 is 29.9 Å². The average molecular weight is 378 g/mol. The predicted molar refractivity (Wildman–Crippen MR) is 86.9 cm³/mol. The Labute approximate surface area is 131 Å². The predicted octanol–water partition coefficient (Wildman–Crippen LogP) is 2.37. The number of aromatic nitrogens is 1. The van der Waals surface area contributed by atoms with Crippen LogP contribution in [0.2, 0.25) is 0 Å². The summed E-state index contributed by atoms with van der Waals surface area (Å²) >= 11 is 0. The second-order valence-electron chi connectivity index (χ2n) is 4.83. The molecule has 6 heteroatoms. The molecule has 0 bridgehead atoms. The van der Waals surface area contributed by atoms with Gasteiger partial charge in [-0.25, -0.2) is 4.98 Å². The zero-order valence-electron chi connectivity index (χ0n) is 11.8. The van der Waals surface area contributed by atoms with E-state index in [-0.39, 0.29) is 24.0 Å². The Kier molecular flexibility index (Phi) is 6.60. The number of halogens is 1. The first-order valence-electron chi connectivity index (χ1n) is 6.56. The lowest BCUT2D eigenvalue weighted by Gasteiger charge is -2.09. The first-order valence-corrected chi connectivity index (χ1v) is 6.56. The molecule has 1 aliphatic rings. The van der Waals surface area contributed by atoms with Crippen molar-refractivity contribution in [2.45, 2.75) is 39.7 Å². The van der Waals surface area contributed by atoms with Crippen LogP contribution in [0.1, 0.15) is 36.6 Å². The van der Waals surface area contributed by atoms with E-state index in [1.165, 1.54) is 19.3 Å². The number of aryl methyl sites for hydroxylation is 2. The highest BCUT2D eigenvalue weighted by atomic mass is 127. The van der Waals surface area contributed by atoms with Gasteiger partial charge in [0.2, 0.25) is 5.89 Å². The fourth-order valence-electron chi connectivity index (χ4n) is 1.80. The summed E-state index contributed by atoms with van der Waals surface area (Å²) in [6.45, 7) is 5.42. The van der Waals surface area contributed by atoms with Gasteiger partial charge in [0, 0.05) is 13.6 Å². The summed E-state index contributed by atoms with van der Waals surface area (Å²) in [4.78, 5) is 8.50. The molecule has 0 aliphatic heterocycles. The summed E-state index contributed by atoms with van der Waals surface area (Å²) < 4.78 is 5.51. The Hall–Kier alpha value is -0.790. The van der Waals surface area contributed by atoms with Gasteiger partial charge in [0.25, 0.3) is 0 Å². The number of guanidine groups is 1. The first kappa shape index (κ1) is 16.3. The maximum absolute atomic E-state index is 5.51. The molecule has 1 fully saturated rings. The van der Waals surface area contributed by atoms with Crippen molar-refractivity contribution in [1.82, 2.24) is 15.6 Å². The molecule has 108 valence electrons. The minimum absolute atomic E-state index is 0. The molecule has 0 spiro atoms. The molecule has 1 saturated carbocycles. The fraction of sp³-hybridized carbons (Fsp3) is 0.692. The number of oxazole rings is 1. The highest BCUT2D eigenvalue weighted by Gasteiger charge is 2.20. The van der Waals surface area contributed by atoms with Crippen molar-refractivity contribution in [2.75, 3.05) is 13.6 Å². The first-order chi connectivity index (χ1) is 8.69. The molecule has 1 heterocycles. The maximum atomic E-state index is 5.51. The van der Waals surface area contributed by atoms with Gasteiger partial charge in [-0.1, -0.05) is 12.8 Å². The highest BCUT2D eigenvalue weighted by molar-refractivity contribution is 14.0. The summed E-state index contributed by atoms with van der Waals surface area (Å²) in [6, 6.07) is 0. The summed E-state index contributed by atoms with van der Waals surface area (Å²) in [6.07, 6.45) is 4.02. The van der Waals surface area contributed by atoms with Gasteiger partial charge in [0.05, 0.1) is 12.2 Å². The normalized spacial score (nSPS) is 15.0. The van der Waals surface area contributed by atoms with Gasteiger partial charge in [-0.15, -0.1) is 24.0 Å². The van der Waals surface area contributed by atoms with E-state index < -0.39 is 0 Å². The standard InChI is InChI=1S/C13H22N4O.HI/c1-9-10(2)18-12(17-9)8-16-13(14-3)15-7-6-11-4-5-11;/h11H,4-8H2,1-3H3,(H2,14,15,16);1H. The van der Waals surface area contributed by atoms with Crippen molar-refractivity contribution in [3.63, 3.8) is 0 Å². The van der Waals surface area contributed by atoms with Gasteiger partial charge in [-0.05, 0) is 26.2 Å². The number of nitrogens with zero attached hydrogens (tertiary/aromatic N) is 2. The molecule has 2 N–H and O–H groups in total.